The fourth-order valence-corrected chi connectivity index (χ4v) is 5.08. The van der Waals surface area contributed by atoms with Gasteiger partial charge in [-0.1, -0.05) is 49.4 Å². The van der Waals surface area contributed by atoms with Crippen LogP contribution in [-0.2, 0) is 14.8 Å². The molecule has 0 aliphatic carbocycles. The lowest BCUT2D eigenvalue weighted by Crippen LogP contribution is -2.55. The van der Waals surface area contributed by atoms with Crippen LogP contribution in [0, 0.1) is 5.82 Å². The minimum absolute atomic E-state index is 0.0804. The number of nitrogens with one attached hydrogen (secondary N) is 1. The van der Waals surface area contributed by atoms with Crippen molar-refractivity contribution in [2.45, 2.75) is 30.7 Å². The van der Waals surface area contributed by atoms with E-state index in [-0.39, 0.29) is 35.9 Å². The van der Waals surface area contributed by atoms with E-state index in [1.165, 1.54) is 22.5 Å². The van der Waals surface area contributed by atoms with E-state index in [4.69, 9.17) is 0 Å². The number of benzene rings is 2. The molecular formula is C22H28FN3O3S. The van der Waals surface area contributed by atoms with Gasteiger partial charge in [-0.05, 0) is 30.5 Å². The number of sulfonamides is 1. The summed E-state index contributed by atoms with van der Waals surface area (Å²) in [5, 5.41) is 2.99. The molecule has 1 heterocycles. The number of amides is 1. The molecule has 1 N–H and O–H groups in total. The zero-order valence-electron chi connectivity index (χ0n) is 17.3. The van der Waals surface area contributed by atoms with E-state index in [0.717, 1.165) is 11.6 Å². The summed E-state index contributed by atoms with van der Waals surface area (Å²) in [4.78, 5) is 14.2. The summed E-state index contributed by atoms with van der Waals surface area (Å²) in [6, 6.07) is 15.0. The van der Waals surface area contributed by atoms with Gasteiger partial charge in [0, 0.05) is 32.7 Å². The highest BCUT2D eigenvalue weighted by atomic mass is 32.2. The molecule has 2 aromatic carbocycles. The molecule has 2 atom stereocenters. The highest BCUT2D eigenvalue weighted by Gasteiger charge is 2.33. The van der Waals surface area contributed by atoms with Gasteiger partial charge in [0.05, 0.1) is 6.04 Å². The molecule has 2 aromatic rings. The molecule has 1 amide bonds. The fraction of sp³-hybridized carbons (Fsp3) is 0.409. The maximum atomic E-state index is 14.0. The maximum absolute atomic E-state index is 14.0. The number of hydrogen-bond acceptors (Lipinski definition) is 4. The number of carbonyl (C=O) groups is 1. The van der Waals surface area contributed by atoms with E-state index in [1.54, 1.807) is 0 Å². The molecule has 1 aliphatic heterocycles. The van der Waals surface area contributed by atoms with Crippen LogP contribution < -0.4 is 5.32 Å². The Balaban J connectivity index is 1.53. The zero-order chi connectivity index (χ0) is 21.7. The van der Waals surface area contributed by atoms with Crippen molar-refractivity contribution >= 4 is 15.9 Å². The average molecular weight is 434 g/mol. The number of rotatable bonds is 7. The third-order valence-corrected chi connectivity index (χ3v) is 7.54. The Bertz CT molecular complexity index is 961. The molecule has 1 saturated heterocycles. The molecule has 30 heavy (non-hydrogen) atoms. The second-order valence-corrected chi connectivity index (χ2v) is 9.51. The molecule has 1 fully saturated rings. The Morgan fingerprint density at radius 1 is 1.00 bits per heavy atom. The van der Waals surface area contributed by atoms with Crippen LogP contribution in [0.3, 0.4) is 0 Å². The summed E-state index contributed by atoms with van der Waals surface area (Å²) in [7, 11) is -3.88. The number of nitrogens with zero attached hydrogens (tertiary/aromatic N) is 2. The molecule has 0 saturated carbocycles. The summed E-state index contributed by atoms with van der Waals surface area (Å²) in [6.07, 6.45) is 0. The largest absolute Gasteiger partial charge is 0.354 e. The lowest BCUT2D eigenvalue weighted by Gasteiger charge is -2.36. The quantitative estimate of drug-likeness (QED) is 0.728. The molecule has 3 rings (SSSR count). The van der Waals surface area contributed by atoms with Gasteiger partial charge < -0.3 is 5.32 Å². The Morgan fingerprint density at radius 2 is 1.60 bits per heavy atom. The first-order valence-electron chi connectivity index (χ1n) is 10.1. The van der Waals surface area contributed by atoms with E-state index >= 15 is 0 Å². The Hall–Kier alpha value is -2.29. The lowest BCUT2D eigenvalue weighted by molar-refractivity contribution is -0.126. The van der Waals surface area contributed by atoms with E-state index < -0.39 is 15.8 Å². The minimum atomic E-state index is -3.88. The number of halogens is 1. The molecule has 0 radical (unpaired) electrons. The van der Waals surface area contributed by atoms with Crippen LogP contribution in [-0.4, -0.2) is 62.3 Å². The molecule has 0 spiro atoms. The first-order valence-corrected chi connectivity index (χ1v) is 11.6. The van der Waals surface area contributed by atoms with Gasteiger partial charge in [-0.25, -0.2) is 12.8 Å². The molecule has 1 aliphatic rings. The van der Waals surface area contributed by atoms with Crippen molar-refractivity contribution in [2.75, 3.05) is 32.7 Å². The molecule has 0 aromatic heterocycles. The molecule has 0 bridgehead atoms. The predicted molar refractivity (Wildman–Crippen MR) is 114 cm³/mol. The highest BCUT2D eigenvalue weighted by Crippen LogP contribution is 2.21. The average Bonchev–Trinajstić information content (AvgIpc) is 2.77. The second kappa shape index (κ2) is 9.68. The molecular weight excluding hydrogens is 405 g/mol. The van der Waals surface area contributed by atoms with Gasteiger partial charge >= 0.3 is 0 Å². The summed E-state index contributed by atoms with van der Waals surface area (Å²) >= 11 is 0. The van der Waals surface area contributed by atoms with E-state index in [2.05, 4.69) is 12.2 Å². The second-order valence-electron chi connectivity index (χ2n) is 7.60. The van der Waals surface area contributed by atoms with E-state index in [9.17, 15) is 17.6 Å². The summed E-state index contributed by atoms with van der Waals surface area (Å²) in [6.45, 7) is 5.68. The molecule has 162 valence electrons. The van der Waals surface area contributed by atoms with Crippen LogP contribution in [0.1, 0.15) is 25.3 Å². The van der Waals surface area contributed by atoms with Crippen LogP contribution in [0.2, 0.25) is 0 Å². The highest BCUT2D eigenvalue weighted by molar-refractivity contribution is 7.89. The minimum Gasteiger partial charge on any atom is -0.354 e. The van der Waals surface area contributed by atoms with Crippen molar-refractivity contribution in [1.29, 1.82) is 0 Å². The standard InChI is InChI=1S/C22H28FN3O3S/c1-17(19-8-4-3-5-9-19)16-24-22(27)18(2)25-12-14-26(15-13-25)30(28,29)21-11-7-6-10-20(21)23/h3-11,17-18H,12-16H2,1-2H3,(H,24,27). The van der Waals surface area contributed by atoms with Gasteiger partial charge in [0.25, 0.3) is 0 Å². The summed E-state index contributed by atoms with van der Waals surface area (Å²) in [5.41, 5.74) is 1.16. The van der Waals surface area contributed by atoms with E-state index in [0.29, 0.717) is 19.6 Å². The van der Waals surface area contributed by atoms with Crippen LogP contribution in [0.5, 0.6) is 0 Å². The van der Waals surface area contributed by atoms with Gasteiger partial charge in [-0.3, -0.25) is 9.69 Å². The Kier molecular flexibility index (Phi) is 7.23. The molecule has 8 heteroatoms. The monoisotopic (exact) mass is 433 g/mol. The van der Waals surface area contributed by atoms with Gasteiger partial charge in [-0.15, -0.1) is 0 Å². The third-order valence-electron chi connectivity index (χ3n) is 5.61. The number of piperazine rings is 1. The zero-order valence-corrected chi connectivity index (χ0v) is 18.1. The first kappa shape index (κ1) is 22.4. The number of hydrogen-bond donors (Lipinski definition) is 1. The van der Waals surface area contributed by atoms with Crippen molar-refractivity contribution in [3.8, 4) is 0 Å². The van der Waals surface area contributed by atoms with Crippen molar-refractivity contribution in [2.24, 2.45) is 0 Å². The van der Waals surface area contributed by atoms with Crippen molar-refractivity contribution in [1.82, 2.24) is 14.5 Å². The van der Waals surface area contributed by atoms with Crippen LogP contribution in [0.15, 0.2) is 59.5 Å². The van der Waals surface area contributed by atoms with Gasteiger partial charge in [-0.2, -0.15) is 4.31 Å². The van der Waals surface area contributed by atoms with Crippen molar-refractivity contribution in [3.05, 3.63) is 66.0 Å². The van der Waals surface area contributed by atoms with Gasteiger partial charge in [0.15, 0.2) is 0 Å². The lowest BCUT2D eigenvalue weighted by atomic mass is 10.0. The third kappa shape index (κ3) is 5.06. The predicted octanol–water partition coefficient (Wildman–Crippen LogP) is 2.44. The molecule has 2 unspecified atom stereocenters. The Morgan fingerprint density at radius 3 is 2.23 bits per heavy atom. The van der Waals surface area contributed by atoms with Crippen LogP contribution in [0.4, 0.5) is 4.39 Å². The van der Waals surface area contributed by atoms with Crippen LogP contribution in [0.25, 0.3) is 0 Å². The fourth-order valence-electron chi connectivity index (χ4n) is 3.59. The topological polar surface area (TPSA) is 69.7 Å². The van der Waals surface area contributed by atoms with Gasteiger partial charge in [0.2, 0.25) is 15.9 Å². The molecule has 6 nitrogen and oxygen atoms in total. The van der Waals surface area contributed by atoms with E-state index in [1.807, 2.05) is 42.2 Å². The summed E-state index contributed by atoms with van der Waals surface area (Å²) in [5.74, 6) is -0.631. The van der Waals surface area contributed by atoms with Gasteiger partial charge in [0.1, 0.15) is 10.7 Å². The smallest absolute Gasteiger partial charge is 0.246 e. The van der Waals surface area contributed by atoms with Crippen LogP contribution >= 0.6 is 0 Å². The van der Waals surface area contributed by atoms with Crippen molar-refractivity contribution < 1.29 is 17.6 Å². The maximum Gasteiger partial charge on any atom is 0.246 e. The first-order chi connectivity index (χ1) is 14.3. The normalized spacial score (nSPS) is 18.0. The van der Waals surface area contributed by atoms with Crippen molar-refractivity contribution in [3.63, 3.8) is 0 Å². The number of carbonyl (C=O) groups excluding carboxylic acids is 1. The SMILES string of the molecule is CC(CNC(=O)C(C)N1CCN(S(=O)(=O)c2ccccc2F)CC1)c1ccccc1. The summed E-state index contributed by atoms with van der Waals surface area (Å²) < 4.78 is 40.7. The Labute approximate surface area is 177 Å².